The van der Waals surface area contributed by atoms with E-state index in [4.69, 9.17) is 4.42 Å². The third-order valence-electron chi connectivity index (χ3n) is 2.09. The van der Waals surface area contributed by atoms with E-state index in [0.717, 1.165) is 10.6 Å². The molecule has 0 unspecified atom stereocenters. The van der Waals surface area contributed by atoms with Crippen molar-refractivity contribution in [1.82, 2.24) is 9.97 Å². The topological polar surface area (TPSA) is 68.0 Å². The summed E-state index contributed by atoms with van der Waals surface area (Å²) >= 11 is 1.44. The Morgan fingerprint density at radius 1 is 1.44 bits per heavy atom. The summed E-state index contributed by atoms with van der Waals surface area (Å²) in [7, 11) is 0. The van der Waals surface area contributed by atoms with Gasteiger partial charge in [-0.05, 0) is 13.8 Å². The summed E-state index contributed by atoms with van der Waals surface area (Å²) in [5, 5.41) is 3.25. The number of thiazole rings is 1. The monoisotopic (exact) mass is 237 g/mol. The molecule has 2 rings (SSSR count). The lowest BCUT2D eigenvalue weighted by Crippen LogP contribution is -2.10. The Kier molecular flexibility index (Phi) is 2.74. The zero-order valence-corrected chi connectivity index (χ0v) is 10.0. The van der Waals surface area contributed by atoms with Gasteiger partial charge in [0.1, 0.15) is 0 Å². The highest BCUT2D eigenvalue weighted by Crippen LogP contribution is 2.21. The molecule has 0 saturated carbocycles. The van der Waals surface area contributed by atoms with Crippen LogP contribution in [0.5, 0.6) is 0 Å². The third kappa shape index (κ3) is 2.11. The maximum absolute atomic E-state index is 11.7. The molecule has 0 spiro atoms. The van der Waals surface area contributed by atoms with Crippen molar-refractivity contribution in [3.8, 4) is 0 Å². The highest BCUT2D eigenvalue weighted by molar-refractivity contribution is 7.15. The fraction of sp³-hybridized carbons (Fsp3) is 0.300. The number of aromatic nitrogens is 2. The van der Waals surface area contributed by atoms with E-state index in [1.165, 1.54) is 17.5 Å². The molecule has 84 valence electrons. The molecule has 6 heteroatoms. The molecule has 1 amide bonds. The molecule has 1 N–H and O–H groups in total. The van der Waals surface area contributed by atoms with E-state index < -0.39 is 0 Å². The van der Waals surface area contributed by atoms with Crippen LogP contribution in [0.25, 0.3) is 0 Å². The van der Waals surface area contributed by atoms with Crippen LogP contribution in [0, 0.1) is 20.8 Å². The largest absolute Gasteiger partial charge is 0.436 e. The summed E-state index contributed by atoms with van der Waals surface area (Å²) in [6.45, 7) is 5.55. The zero-order chi connectivity index (χ0) is 11.7. The van der Waals surface area contributed by atoms with E-state index in [1.54, 1.807) is 6.92 Å². The van der Waals surface area contributed by atoms with Crippen LogP contribution >= 0.6 is 11.3 Å². The highest BCUT2D eigenvalue weighted by atomic mass is 32.1. The standard InChI is InChI=1S/C10H11N3O2S/c1-5-6(2)16-10(12-5)13-9(14)8-4-11-7(3)15-8/h4H,1-3H3,(H,12,13,14). The second-order valence-corrected chi connectivity index (χ2v) is 4.56. The van der Waals surface area contributed by atoms with E-state index in [-0.39, 0.29) is 11.7 Å². The van der Waals surface area contributed by atoms with Crippen molar-refractivity contribution in [2.75, 3.05) is 5.32 Å². The maximum atomic E-state index is 11.7. The molecule has 0 fully saturated rings. The van der Waals surface area contributed by atoms with E-state index in [1.807, 2.05) is 13.8 Å². The zero-order valence-electron chi connectivity index (χ0n) is 9.20. The Bertz CT molecular complexity index is 510. The van der Waals surface area contributed by atoms with Crippen LogP contribution in [0.4, 0.5) is 5.13 Å². The van der Waals surface area contributed by atoms with Crippen molar-refractivity contribution in [2.45, 2.75) is 20.8 Å². The molecule has 0 aliphatic carbocycles. The lowest BCUT2D eigenvalue weighted by Gasteiger charge is -1.96. The van der Waals surface area contributed by atoms with Crippen molar-refractivity contribution >= 4 is 22.4 Å². The number of rotatable bonds is 2. The number of amides is 1. The molecule has 0 atom stereocenters. The van der Waals surface area contributed by atoms with Gasteiger partial charge in [-0.25, -0.2) is 9.97 Å². The smallest absolute Gasteiger partial charge is 0.294 e. The third-order valence-corrected chi connectivity index (χ3v) is 3.08. The van der Waals surface area contributed by atoms with Gasteiger partial charge < -0.3 is 4.42 Å². The van der Waals surface area contributed by atoms with Gasteiger partial charge in [-0.2, -0.15) is 0 Å². The van der Waals surface area contributed by atoms with Crippen molar-refractivity contribution in [2.24, 2.45) is 0 Å². The summed E-state index contributed by atoms with van der Waals surface area (Å²) in [5.41, 5.74) is 0.925. The van der Waals surface area contributed by atoms with Gasteiger partial charge in [-0.1, -0.05) is 0 Å². The fourth-order valence-corrected chi connectivity index (χ4v) is 1.96. The Morgan fingerprint density at radius 2 is 2.19 bits per heavy atom. The number of hydrogen-bond donors (Lipinski definition) is 1. The second-order valence-electron chi connectivity index (χ2n) is 3.36. The molecule has 16 heavy (non-hydrogen) atoms. The minimum atomic E-state index is -0.325. The Morgan fingerprint density at radius 3 is 2.69 bits per heavy atom. The number of nitrogens with zero attached hydrogens (tertiary/aromatic N) is 2. The maximum Gasteiger partial charge on any atom is 0.294 e. The number of anilines is 1. The van der Waals surface area contributed by atoms with Gasteiger partial charge in [-0.3, -0.25) is 10.1 Å². The predicted octanol–water partition coefficient (Wildman–Crippen LogP) is 2.31. The molecular formula is C10H11N3O2S. The molecular weight excluding hydrogens is 226 g/mol. The van der Waals surface area contributed by atoms with Gasteiger partial charge >= 0.3 is 0 Å². The molecule has 2 heterocycles. The van der Waals surface area contributed by atoms with Gasteiger partial charge in [0, 0.05) is 11.8 Å². The molecule has 0 radical (unpaired) electrons. The van der Waals surface area contributed by atoms with Crippen LogP contribution < -0.4 is 5.32 Å². The normalized spacial score (nSPS) is 10.4. The molecule has 2 aromatic heterocycles. The predicted molar refractivity (Wildman–Crippen MR) is 60.8 cm³/mol. The number of hydrogen-bond acceptors (Lipinski definition) is 5. The van der Waals surface area contributed by atoms with Crippen molar-refractivity contribution in [3.05, 3.63) is 28.4 Å². The fourth-order valence-electron chi connectivity index (χ4n) is 1.15. The number of aryl methyl sites for hydroxylation is 3. The van der Waals surface area contributed by atoms with Crippen LogP contribution in [0.3, 0.4) is 0 Å². The van der Waals surface area contributed by atoms with Crippen LogP contribution in [0.1, 0.15) is 27.0 Å². The summed E-state index contributed by atoms with van der Waals surface area (Å²) in [6, 6.07) is 0. The van der Waals surface area contributed by atoms with Gasteiger partial charge in [0.2, 0.25) is 5.76 Å². The first-order valence-electron chi connectivity index (χ1n) is 4.74. The average Bonchev–Trinajstić information content (AvgIpc) is 2.75. The molecule has 5 nitrogen and oxygen atoms in total. The van der Waals surface area contributed by atoms with Crippen LogP contribution in [0.15, 0.2) is 10.6 Å². The number of nitrogens with one attached hydrogen (secondary N) is 1. The van der Waals surface area contributed by atoms with E-state index in [9.17, 15) is 4.79 Å². The lowest BCUT2D eigenvalue weighted by molar-refractivity contribution is 0.0995. The highest BCUT2D eigenvalue weighted by Gasteiger charge is 2.13. The van der Waals surface area contributed by atoms with E-state index in [2.05, 4.69) is 15.3 Å². The Hall–Kier alpha value is -1.69. The molecule has 0 aromatic carbocycles. The van der Waals surface area contributed by atoms with E-state index in [0.29, 0.717) is 11.0 Å². The first kappa shape index (κ1) is 10.8. The molecule has 2 aromatic rings. The molecule has 0 aliphatic rings. The summed E-state index contributed by atoms with van der Waals surface area (Å²) in [5.74, 6) is 0.342. The number of carbonyl (C=O) groups is 1. The minimum Gasteiger partial charge on any atom is -0.436 e. The number of oxazole rings is 1. The second kappa shape index (κ2) is 4.05. The lowest BCUT2D eigenvalue weighted by atomic mass is 10.4. The van der Waals surface area contributed by atoms with Crippen LogP contribution in [0.2, 0.25) is 0 Å². The first-order chi connectivity index (χ1) is 7.56. The van der Waals surface area contributed by atoms with Crippen molar-refractivity contribution in [3.63, 3.8) is 0 Å². The SMILES string of the molecule is Cc1ncc(C(=O)Nc2nc(C)c(C)s2)o1. The van der Waals surface area contributed by atoms with Crippen LogP contribution in [-0.4, -0.2) is 15.9 Å². The van der Waals surface area contributed by atoms with Gasteiger partial charge in [-0.15, -0.1) is 11.3 Å². The van der Waals surface area contributed by atoms with Crippen molar-refractivity contribution < 1.29 is 9.21 Å². The van der Waals surface area contributed by atoms with Crippen LogP contribution in [-0.2, 0) is 0 Å². The van der Waals surface area contributed by atoms with Gasteiger partial charge in [0.15, 0.2) is 11.0 Å². The Labute approximate surface area is 96.5 Å². The Balaban J connectivity index is 2.13. The first-order valence-corrected chi connectivity index (χ1v) is 5.55. The molecule has 0 saturated heterocycles. The van der Waals surface area contributed by atoms with E-state index >= 15 is 0 Å². The van der Waals surface area contributed by atoms with Gasteiger partial charge in [0.25, 0.3) is 5.91 Å². The molecule has 0 aliphatic heterocycles. The molecule has 0 bridgehead atoms. The van der Waals surface area contributed by atoms with Crippen molar-refractivity contribution in [1.29, 1.82) is 0 Å². The number of carbonyl (C=O) groups excluding carboxylic acids is 1. The summed E-state index contributed by atoms with van der Waals surface area (Å²) in [4.78, 5) is 20.8. The van der Waals surface area contributed by atoms with Gasteiger partial charge in [0.05, 0.1) is 11.9 Å². The summed E-state index contributed by atoms with van der Waals surface area (Å²) in [6.07, 6.45) is 1.40. The minimum absolute atomic E-state index is 0.197. The summed E-state index contributed by atoms with van der Waals surface area (Å²) < 4.78 is 5.11. The average molecular weight is 237 g/mol. The quantitative estimate of drug-likeness (QED) is 0.870.